The van der Waals surface area contributed by atoms with Gasteiger partial charge in [-0.25, -0.2) is 4.79 Å². The highest BCUT2D eigenvalue weighted by atomic mass is 16.5. The lowest BCUT2D eigenvalue weighted by Crippen LogP contribution is -2.52. The Hall–Kier alpha value is -2.34. The predicted octanol–water partition coefficient (Wildman–Crippen LogP) is 2.22. The third kappa shape index (κ3) is 3.01. The Balaban J connectivity index is 2.01. The number of benzene rings is 1. The highest BCUT2D eigenvalue weighted by Crippen LogP contribution is 2.25. The first kappa shape index (κ1) is 16.5. The number of nitrogens with zero attached hydrogens (tertiary/aromatic N) is 2. The van der Waals surface area contributed by atoms with E-state index in [1.54, 1.807) is 0 Å². The van der Waals surface area contributed by atoms with Crippen LogP contribution in [0.2, 0.25) is 0 Å². The zero-order valence-corrected chi connectivity index (χ0v) is 13.9. The molecule has 1 aliphatic rings. The van der Waals surface area contributed by atoms with Gasteiger partial charge in [0.15, 0.2) is 6.04 Å². The molecule has 1 aromatic carbocycles. The molecule has 3 rings (SSSR count). The van der Waals surface area contributed by atoms with E-state index in [0.29, 0.717) is 24.6 Å². The van der Waals surface area contributed by atoms with Gasteiger partial charge in [0.1, 0.15) is 0 Å². The van der Waals surface area contributed by atoms with Crippen LogP contribution in [-0.2, 0) is 16.1 Å². The van der Waals surface area contributed by atoms with E-state index in [-0.39, 0.29) is 12.5 Å². The van der Waals surface area contributed by atoms with Crippen LogP contribution in [0.3, 0.4) is 0 Å². The summed E-state index contributed by atoms with van der Waals surface area (Å²) >= 11 is 0. The average Bonchev–Trinajstić information content (AvgIpc) is 2.92. The number of ether oxygens (including phenoxy) is 1. The summed E-state index contributed by atoms with van der Waals surface area (Å²) in [5.74, 6) is -0.836. The normalized spacial score (nSPS) is 18.3. The number of para-hydroxylation sites is 1. The van der Waals surface area contributed by atoms with Crippen molar-refractivity contribution in [1.82, 2.24) is 9.47 Å². The van der Waals surface area contributed by atoms with Gasteiger partial charge in [-0.05, 0) is 12.0 Å². The summed E-state index contributed by atoms with van der Waals surface area (Å²) in [7, 11) is 0. The van der Waals surface area contributed by atoms with Gasteiger partial charge in [-0.15, -0.1) is 0 Å². The molecule has 1 aliphatic heterocycles. The SMILES string of the molecule is CC(C)Cn1cc(C(=O)N2CCOC[C@@H]2C(=O)O)c2ccccc21. The minimum atomic E-state index is -1.03. The van der Waals surface area contributed by atoms with E-state index in [4.69, 9.17) is 4.74 Å². The topological polar surface area (TPSA) is 71.8 Å². The van der Waals surface area contributed by atoms with Crippen molar-refractivity contribution >= 4 is 22.8 Å². The van der Waals surface area contributed by atoms with Crippen LogP contribution < -0.4 is 0 Å². The minimum Gasteiger partial charge on any atom is -0.480 e. The second-order valence-corrected chi connectivity index (χ2v) is 6.53. The van der Waals surface area contributed by atoms with E-state index in [1.165, 1.54) is 4.90 Å². The second kappa shape index (κ2) is 6.65. The lowest BCUT2D eigenvalue weighted by atomic mass is 10.1. The van der Waals surface area contributed by atoms with E-state index in [9.17, 15) is 14.7 Å². The van der Waals surface area contributed by atoms with Crippen molar-refractivity contribution in [1.29, 1.82) is 0 Å². The minimum absolute atomic E-state index is 0.0334. The Bertz CT molecular complexity index is 765. The number of morpholine rings is 1. The third-order valence-electron chi connectivity index (χ3n) is 4.26. The van der Waals surface area contributed by atoms with Crippen LogP contribution in [0, 0.1) is 5.92 Å². The number of aromatic nitrogens is 1. The molecule has 6 nitrogen and oxygen atoms in total. The highest BCUT2D eigenvalue weighted by molar-refractivity contribution is 6.08. The number of amides is 1. The molecule has 128 valence electrons. The zero-order valence-electron chi connectivity index (χ0n) is 13.9. The lowest BCUT2D eigenvalue weighted by Gasteiger charge is -2.32. The summed E-state index contributed by atoms with van der Waals surface area (Å²) < 4.78 is 7.30. The Morgan fingerprint density at radius 2 is 2.08 bits per heavy atom. The summed E-state index contributed by atoms with van der Waals surface area (Å²) in [4.78, 5) is 25.9. The van der Waals surface area contributed by atoms with Gasteiger partial charge in [0, 0.05) is 30.2 Å². The van der Waals surface area contributed by atoms with Gasteiger partial charge in [-0.1, -0.05) is 32.0 Å². The van der Waals surface area contributed by atoms with Crippen LogP contribution in [0.5, 0.6) is 0 Å². The number of carbonyl (C=O) groups is 2. The zero-order chi connectivity index (χ0) is 17.3. The van der Waals surface area contributed by atoms with Gasteiger partial charge in [0.2, 0.25) is 0 Å². The molecule has 1 N–H and O–H groups in total. The molecule has 24 heavy (non-hydrogen) atoms. The fraction of sp³-hybridized carbons (Fsp3) is 0.444. The number of carboxylic acids is 1. The van der Waals surface area contributed by atoms with Crippen LogP contribution in [0.25, 0.3) is 10.9 Å². The highest BCUT2D eigenvalue weighted by Gasteiger charge is 2.34. The van der Waals surface area contributed by atoms with Gasteiger partial charge in [-0.3, -0.25) is 4.79 Å². The maximum atomic E-state index is 13.0. The summed E-state index contributed by atoms with van der Waals surface area (Å²) in [6.45, 7) is 5.74. The van der Waals surface area contributed by atoms with Crippen molar-refractivity contribution in [2.75, 3.05) is 19.8 Å². The van der Waals surface area contributed by atoms with Crippen molar-refractivity contribution in [2.45, 2.75) is 26.4 Å². The molecular formula is C18H22N2O4. The molecule has 0 radical (unpaired) electrons. The van der Waals surface area contributed by atoms with Gasteiger partial charge in [0.05, 0.1) is 18.8 Å². The van der Waals surface area contributed by atoms with Gasteiger partial charge in [-0.2, -0.15) is 0 Å². The summed E-state index contributed by atoms with van der Waals surface area (Å²) in [5.41, 5.74) is 1.55. The first-order valence-electron chi connectivity index (χ1n) is 8.18. The van der Waals surface area contributed by atoms with Gasteiger partial charge < -0.3 is 19.3 Å². The number of fused-ring (bicyclic) bond motifs is 1. The first-order chi connectivity index (χ1) is 11.5. The Labute approximate surface area is 140 Å². The first-order valence-corrected chi connectivity index (χ1v) is 8.18. The van der Waals surface area contributed by atoms with Crippen molar-refractivity contribution in [3.05, 3.63) is 36.0 Å². The molecule has 2 aromatic rings. The Morgan fingerprint density at radius 1 is 1.33 bits per heavy atom. The van der Waals surface area contributed by atoms with E-state index in [2.05, 4.69) is 18.4 Å². The standard InChI is InChI=1S/C18H22N2O4/c1-12(2)9-19-10-14(13-5-3-4-6-15(13)19)17(21)20-7-8-24-11-16(20)18(22)23/h3-6,10,12,16H,7-9,11H2,1-2H3,(H,22,23)/t16-/m1/s1. The smallest absolute Gasteiger partial charge is 0.328 e. The molecule has 0 aliphatic carbocycles. The monoisotopic (exact) mass is 330 g/mol. The van der Waals surface area contributed by atoms with E-state index >= 15 is 0 Å². The molecule has 0 spiro atoms. The summed E-state index contributed by atoms with van der Waals surface area (Å²) in [5, 5.41) is 10.2. The average molecular weight is 330 g/mol. The van der Waals surface area contributed by atoms with E-state index in [0.717, 1.165) is 17.4 Å². The van der Waals surface area contributed by atoms with Gasteiger partial charge >= 0.3 is 5.97 Å². The molecule has 1 fully saturated rings. The number of aliphatic carboxylic acids is 1. The molecule has 0 unspecified atom stereocenters. The lowest BCUT2D eigenvalue weighted by molar-refractivity contribution is -0.147. The van der Waals surface area contributed by atoms with Crippen molar-refractivity contribution in [3.8, 4) is 0 Å². The Kier molecular flexibility index (Phi) is 4.57. The largest absolute Gasteiger partial charge is 0.480 e. The van der Waals surface area contributed by atoms with E-state index < -0.39 is 12.0 Å². The molecule has 1 amide bonds. The van der Waals surface area contributed by atoms with Crippen LogP contribution in [0.4, 0.5) is 0 Å². The molecule has 1 saturated heterocycles. The quantitative estimate of drug-likeness (QED) is 0.933. The fourth-order valence-corrected chi connectivity index (χ4v) is 3.17. The second-order valence-electron chi connectivity index (χ2n) is 6.53. The maximum Gasteiger partial charge on any atom is 0.328 e. The summed E-state index contributed by atoms with van der Waals surface area (Å²) in [6.07, 6.45) is 1.85. The molecule has 0 bridgehead atoms. The number of carbonyl (C=O) groups excluding carboxylic acids is 1. The molecule has 2 heterocycles. The number of hydrogen-bond donors (Lipinski definition) is 1. The Morgan fingerprint density at radius 3 is 2.79 bits per heavy atom. The van der Waals surface area contributed by atoms with Gasteiger partial charge in [0.25, 0.3) is 5.91 Å². The molecular weight excluding hydrogens is 308 g/mol. The van der Waals surface area contributed by atoms with Crippen molar-refractivity contribution in [3.63, 3.8) is 0 Å². The fourth-order valence-electron chi connectivity index (χ4n) is 3.17. The number of carboxylic acid groups (broad SMARTS) is 1. The maximum absolute atomic E-state index is 13.0. The number of hydrogen-bond acceptors (Lipinski definition) is 3. The van der Waals surface area contributed by atoms with E-state index in [1.807, 2.05) is 30.5 Å². The van der Waals surface area contributed by atoms with Crippen LogP contribution in [-0.4, -0.2) is 52.3 Å². The van der Waals surface area contributed by atoms with Crippen molar-refractivity contribution in [2.24, 2.45) is 5.92 Å². The molecule has 6 heteroatoms. The number of rotatable bonds is 4. The summed E-state index contributed by atoms with van der Waals surface area (Å²) in [6, 6.07) is 6.81. The third-order valence-corrected chi connectivity index (χ3v) is 4.26. The van der Waals surface area contributed by atoms with Crippen molar-refractivity contribution < 1.29 is 19.4 Å². The molecule has 0 saturated carbocycles. The van der Waals surface area contributed by atoms with Crippen LogP contribution in [0.15, 0.2) is 30.5 Å². The van der Waals surface area contributed by atoms with Crippen LogP contribution in [0.1, 0.15) is 24.2 Å². The molecule has 1 atom stereocenters. The molecule has 1 aromatic heterocycles. The predicted molar refractivity (Wildman–Crippen MR) is 90.1 cm³/mol. The van der Waals surface area contributed by atoms with Crippen LogP contribution >= 0.6 is 0 Å².